The van der Waals surface area contributed by atoms with Gasteiger partial charge in [-0.05, 0) is 48.5 Å². The number of likely N-dealkylation sites (tertiary alicyclic amines) is 1. The first-order valence-electron chi connectivity index (χ1n) is 8.23. The summed E-state index contributed by atoms with van der Waals surface area (Å²) in [6.07, 6.45) is 3.35. The summed E-state index contributed by atoms with van der Waals surface area (Å²) in [7, 11) is 0. The molecule has 0 aromatic heterocycles. The maximum absolute atomic E-state index is 12.2. The van der Waals surface area contributed by atoms with Gasteiger partial charge in [-0.15, -0.1) is 35.9 Å². The molecule has 1 amide bonds. The van der Waals surface area contributed by atoms with Crippen molar-refractivity contribution >= 4 is 41.8 Å². The van der Waals surface area contributed by atoms with E-state index in [2.05, 4.69) is 12.1 Å². The van der Waals surface area contributed by atoms with E-state index in [4.69, 9.17) is 10.5 Å². The first kappa shape index (κ1) is 19.8. The van der Waals surface area contributed by atoms with Gasteiger partial charge >= 0.3 is 0 Å². The number of benzene rings is 1. The van der Waals surface area contributed by atoms with Crippen LogP contribution >= 0.6 is 35.9 Å². The van der Waals surface area contributed by atoms with Gasteiger partial charge in [0.1, 0.15) is 5.75 Å². The van der Waals surface area contributed by atoms with Gasteiger partial charge in [0.25, 0.3) is 5.91 Å². The monoisotopic (exact) mass is 388 g/mol. The highest BCUT2D eigenvalue weighted by molar-refractivity contribution is 8.16. The van der Waals surface area contributed by atoms with Crippen molar-refractivity contribution in [3.63, 3.8) is 0 Å². The summed E-state index contributed by atoms with van der Waals surface area (Å²) in [4.78, 5) is 14.1. The van der Waals surface area contributed by atoms with Crippen molar-refractivity contribution in [3.8, 4) is 5.75 Å². The number of carbonyl (C=O) groups is 1. The Hall–Kier alpha value is -0.560. The van der Waals surface area contributed by atoms with E-state index in [1.54, 1.807) is 0 Å². The first-order valence-corrected chi connectivity index (χ1v) is 10.3. The van der Waals surface area contributed by atoms with E-state index in [-0.39, 0.29) is 31.0 Å². The fourth-order valence-electron chi connectivity index (χ4n) is 3.04. The van der Waals surface area contributed by atoms with E-state index in [9.17, 15) is 4.79 Å². The molecule has 4 nitrogen and oxygen atoms in total. The number of amides is 1. The zero-order valence-corrected chi connectivity index (χ0v) is 16.1. The van der Waals surface area contributed by atoms with Crippen LogP contribution in [-0.2, 0) is 4.79 Å². The third-order valence-electron chi connectivity index (χ3n) is 4.31. The van der Waals surface area contributed by atoms with Crippen LogP contribution in [0.5, 0.6) is 5.75 Å². The van der Waals surface area contributed by atoms with Gasteiger partial charge in [0.05, 0.1) is 4.58 Å². The van der Waals surface area contributed by atoms with Gasteiger partial charge in [0.2, 0.25) is 0 Å². The molecule has 7 heteroatoms. The molecule has 1 unspecified atom stereocenters. The summed E-state index contributed by atoms with van der Waals surface area (Å²) in [6.45, 7) is 1.44. The predicted molar refractivity (Wildman–Crippen MR) is 105 cm³/mol. The van der Waals surface area contributed by atoms with Gasteiger partial charge in [-0.25, -0.2) is 0 Å². The highest BCUT2D eigenvalue weighted by Gasteiger charge is 2.27. The van der Waals surface area contributed by atoms with Gasteiger partial charge in [0, 0.05) is 19.1 Å². The second kappa shape index (κ2) is 9.80. The van der Waals surface area contributed by atoms with Gasteiger partial charge < -0.3 is 15.4 Å². The smallest absolute Gasteiger partial charge is 0.260 e. The van der Waals surface area contributed by atoms with Crippen molar-refractivity contribution in [2.45, 2.75) is 29.9 Å². The SMILES string of the molecule is Cl.NCC1CCCN1C(=O)COc1ccc(C2SCCCS2)cc1. The Morgan fingerprint density at radius 2 is 1.92 bits per heavy atom. The normalized spacial score (nSPS) is 21.4. The van der Waals surface area contributed by atoms with Crippen LogP contribution in [0.25, 0.3) is 0 Å². The number of thioether (sulfide) groups is 2. The summed E-state index contributed by atoms with van der Waals surface area (Å²) in [5.41, 5.74) is 7.05. The number of halogens is 1. The molecule has 134 valence electrons. The topological polar surface area (TPSA) is 55.6 Å². The number of hydrogen-bond donors (Lipinski definition) is 1. The Labute approximate surface area is 158 Å². The summed E-state index contributed by atoms with van der Waals surface area (Å²) in [5.74, 6) is 3.28. The predicted octanol–water partition coefficient (Wildman–Crippen LogP) is 3.31. The molecule has 2 saturated heterocycles. The molecule has 2 fully saturated rings. The molecule has 0 saturated carbocycles. The minimum atomic E-state index is 0. The van der Waals surface area contributed by atoms with Crippen LogP contribution in [0.3, 0.4) is 0 Å². The molecule has 0 aliphatic carbocycles. The molecule has 1 aromatic rings. The first-order chi connectivity index (χ1) is 11.3. The van der Waals surface area contributed by atoms with E-state index >= 15 is 0 Å². The van der Waals surface area contributed by atoms with Crippen LogP contribution in [0.4, 0.5) is 0 Å². The standard InChI is InChI=1S/C17H24N2O2S2.ClH/c18-11-14-3-1-8-19(14)16(20)12-21-15-6-4-13(5-7-15)17-22-9-2-10-23-17;/h4-7,14,17H,1-3,8-12,18H2;1H. The number of nitrogens with two attached hydrogens (primary N) is 1. The van der Waals surface area contributed by atoms with Gasteiger partial charge in [-0.3, -0.25) is 4.79 Å². The molecule has 2 N–H and O–H groups in total. The zero-order chi connectivity index (χ0) is 16.1. The van der Waals surface area contributed by atoms with Crippen LogP contribution in [0.2, 0.25) is 0 Å². The summed E-state index contributed by atoms with van der Waals surface area (Å²) < 4.78 is 6.21. The van der Waals surface area contributed by atoms with Crippen LogP contribution in [0.15, 0.2) is 24.3 Å². The number of nitrogens with zero attached hydrogens (tertiary/aromatic N) is 1. The highest BCUT2D eigenvalue weighted by Crippen LogP contribution is 2.43. The Kier molecular flexibility index (Phi) is 8.07. The largest absolute Gasteiger partial charge is 0.484 e. The van der Waals surface area contributed by atoms with Crippen molar-refractivity contribution in [1.29, 1.82) is 0 Å². The fraction of sp³-hybridized carbons (Fsp3) is 0.588. The maximum Gasteiger partial charge on any atom is 0.260 e. The Morgan fingerprint density at radius 1 is 1.21 bits per heavy atom. The van der Waals surface area contributed by atoms with Crippen LogP contribution in [0.1, 0.15) is 29.4 Å². The van der Waals surface area contributed by atoms with Crippen molar-refractivity contribution < 1.29 is 9.53 Å². The molecule has 1 atom stereocenters. The van der Waals surface area contributed by atoms with Crippen molar-refractivity contribution in [3.05, 3.63) is 29.8 Å². The minimum Gasteiger partial charge on any atom is -0.484 e. The van der Waals surface area contributed by atoms with Gasteiger partial charge in [0.15, 0.2) is 6.61 Å². The van der Waals surface area contributed by atoms with E-state index in [0.717, 1.165) is 25.1 Å². The third-order valence-corrected chi connectivity index (χ3v) is 7.33. The molecule has 0 radical (unpaired) electrons. The lowest BCUT2D eigenvalue weighted by atomic mass is 10.2. The molecule has 2 aliphatic heterocycles. The van der Waals surface area contributed by atoms with E-state index in [0.29, 0.717) is 11.1 Å². The quantitative estimate of drug-likeness (QED) is 0.838. The Balaban J connectivity index is 0.00000208. The molecule has 1 aromatic carbocycles. The van der Waals surface area contributed by atoms with Crippen molar-refractivity contribution in [2.24, 2.45) is 5.73 Å². The van der Waals surface area contributed by atoms with Crippen molar-refractivity contribution in [1.82, 2.24) is 4.90 Å². The Morgan fingerprint density at radius 3 is 2.58 bits per heavy atom. The van der Waals surface area contributed by atoms with E-state index in [1.807, 2.05) is 40.6 Å². The second-order valence-corrected chi connectivity index (χ2v) is 8.63. The number of rotatable bonds is 5. The number of carbonyl (C=O) groups excluding carboxylic acids is 1. The fourth-order valence-corrected chi connectivity index (χ4v) is 5.93. The Bertz CT molecular complexity index is 524. The lowest BCUT2D eigenvalue weighted by Crippen LogP contribution is -2.42. The lowest BCUT2D eigenvalue weighted by molar-refractivity contribution is -0.134. The molecule has 0 bridgehead atoms. The summed E-state index contributed by atoms with van der Waals surface area (Å²) >= 11 is 4.02. The zero-order valence-electron chi connectivity index (χ0n) is 13.7. The van der Waals surface area contributed by atoms with Crippen molar-refractivity contribution in [2.75, 3.05) is 31.2 Å². The molecule has 24 heavy (non-hydrogen) atoms. The van der Waals surface area contributed by atoms with E-state index < -0.39 is 0 Å². The van der Waals surface area contributed by atoms with E-state index in [1.165, 1.54) is 23.5 Å². The number of hydrogen-bond acceptors (Lipinski definition) is 5. The average molecular weight is 389 g/mol. The molecular weight excluding hydrogens is 364 g/mol. The minimum absolute atomic E-state index is 0. The van der Waals surface area contributed by atoms with Gasteiger partial charge in [-0.1, -0.05) is 12.1 Å². The summed E-state index contributed by atoms with van der Waals surface area (Å²) in [5, 5.41) is 0. The van der Waals surface area contributed by atoms with Crippen LogP contribution in [0, 0.1) is 0 Å². The lowest BCUT2D eigenvalue weighted by Gasteiger charge is -2.23. The molecule has 2 heterocycles. The van der Waals surface area contributed by atoms with Gasteiger partial charge in [-0.2, -0.15) is 0 Å². The summed E-state index contributed by atoms with van der Waals surface area (Å²) in [6, 6.07) is 8.38. The third kappa shape index (κ3) is 4.97. The average Bonchev–Trinajstić information content (AvgIpc) is 3.10. The van der Waals surface area contributed by atoms with Crippen LogP contribution in [-0.4, -0.2) is 48.1 Å². The molecule has 3 rings (SSSR count). The van der Waals surface area contributed by atoms with Crippen LogP contribution < -0.4 is 10.5 Å². The molecule has 0 spiro atoms. The highest BCUT2D eigenvalue weighted by atomic mass is 35.5. The maximum atomic E-state index is 12.2. The second-order valence-electron chi connectivity index (χ2n) is 5.90. The number of ether oxygens (including phenoxy) is 1. The molecular formula is C17H25ClN2O2S2. The molecule has 2 aliphatic rings.